The highest BCUT2D eigenvalue weighted by Crippen LogP contribution is 2.36. The van der Waals surface area contributed by atoms with Crippen molar-refractivity contribution in [2.45, 2.75) is 30.2 Å². The van der Waals surface area contributed by atoms with E-state index in [1.807, 2.05) is 13.8 Å². The summed E-state index contributed by atoms with van der Waals surface area (Å²) in [4.78, 5) is 1.13. The number of hydrogen-bond acceptors (Lipinski definition) is 4. The van der Waals surface area contributed by atoms with Crippen LogP contribution in [0.1, 0.15) is 18.7 Å². The first-order valence-corrected chi connectivity index (χ1v) is 9.32. The van der Waals surface area contributed by atoms with Gasteiger partial charge < -0.3 is 4.74 Å². The van der Waals surface area contributed by atoms with Crippen LogP contribution in [0.15, 0.2) is 14.7 Å². The van der Waals surface area contributed by atoms with Gasteiger partial charge in [-0.1, -0.05) is 0 Å². The standard InChI is InChI=1S/C11H15BrClNO3S2/c1-11(2)7-17-4-3-14(11)19(15,16)9-5-8(6-13)18-10(9)12/h5H,3-4,6-7H2,1-2H3. The molecule has 1 fully saturated rings. The monoisotopic (exact) mass is 387 g/mol. The van der Waals surface area contributed by atoms with E-state index in [1.54, 1.807) is 6.07 Å². The summed E-state index contributed by atoms with van der Waals surface area (Å²) < 4.78 is 33.0. The van der Waals surface area contributed by atoms with Gasteiger partial charge in [0.25, 0.3) is 0 Å². The molecule has 0 bridgehead atoms. The third kappa shape index (κ3) is 3.01. The smallest absolute Gasteiger partial charge is 0.245 e. The van der Waals surface area contributed by atoms with Gasteiger partial charge >= 0.3 is 0 Å². The fourth-order valence-corrected chi connectivity index (χ4v) is 6.53. The predicted molar refractivity (Wildman–Crippen MR) is 80.4 cm³/mol. The van der Waals surface area contributed by atoms with Crippen molar-refractivity contribution >= 4 is 48.9 Å². The van der Waals surface area contributed by atoms with Gasteiger partial charge in [0, 0.05) is 11.4 Å². The normalized spacial score (nSPS) is 20.6. The van der Waals surface area contributed by atoms with Crippen LogP contribution in [0, 0.1) is 0 Å². The molecule has 0 spiro atoms. The number of morpholine rings is 1. The number of rotatable bonds is 3. The summed E-state index contributed by atoms with van der Waals surface area (Å²) in [6, 6.07) is 1.64. The maximum Gasteiger partial charge on any atom is 0.245 e. The van der Waals surface area contributed by atoms with Crippen molar-refractivity contribution in [1.29, 1.82) is 0 Å². The average Bonchev–Trinajstić information content (AvgIpc) is 2.70. The highest BCUT2D eigenvalue weighted by atomic mass is 79.9. The zero-order valence-corrected chi connectivity index (χ0v) is 14.6. The van der Waals surface area contributed by atoms with Gasteiger partial charge in [-0.25, -0.2) is 8.42 Å². The molecule has 1 aromatic heterocycles. The van der Waals surface area contributed by atoms with Crippen molar-refractivity contribution in [1.82, 2.24) is 4.31 Å². The molecule has 0 unspecified atom stereocenters. The fourth-order valence-electron chi connectivity index (χ4n) is 2.05. The van der Waals surface area contributed by atoms with Crippen LogP contribution >= 0.6 is 38.9 Å². The molecule has 1 aliphatic rings. The van der Waals surface area contributed by atoms with E-state index in [0.29, 0.717) is 34.3 Å². The molecule has 0 N–H and O–H groups in total. The largest absolute Gasteiger partial charge is 0.378 e. The minimum absolute atomic E-state index is 0.295. The minimum Gasteiger partial charge on any atom is -0.378 e. The molecular formula is C11H15BrClNO3S2. The molecule has 108 valence electrons. The van der Waals surface area contributed by atoms with Crippen LogP contribution in [-0.4, -0.2) is 38.0 Å². The second-order valence-corrected chi connectivity index (χ2v) is 9.48. The Morgan fingerprint density at radius 3 is 2.79 bits per heavy atom. The summed E-state index contributed by atoms with van der Waals surface area (Å²) in [5.41, 5.74) is -0.542. The number of halogens is 2. The highest BCUT2D eigenvalue weighted by Gasteiger charge is 2.41. The number of alkyl halides is 1. The molecule has 0 amide bonds. The van der Waals surface area contributed by atoms with Crippen molar-refractivity contribution in [2.75, 3.05) is 19.8 Å². The minimum atomic E-state index is -3.53. The van der Waals surface area contributed by atoms with Gasteiger partial charge in [0.1, 0.15) is 4.90 Å². The summed E-state index contributed by atoms with van der Waals surface area (Å²) in [5.74, 6) is 0.311. The number of nitrogens with zero attached hydrogens (tertiary/aromatic N) is 1. The summed E-state index contributed by atoms with van der Waals surface area (Å²) >= 11 is 10.4. The Morgan fingerprint density at radius 2 is 2.26 bits per heavy atom. The molecule has 0 aliphatic carbocycles. The van der Waals surface area contributed by atoms with Gasteiger partial charge in [-0.05, 0) is 35.8 Å². The maximum atomic E-state index is 12.8. The zero-order chi connectivity index (χ0) is 14.3. The van der Waals surface area contributed by atoms with Gasteiger partial charge in [0.2, 0.25) is 10.0 Å². The molecule has 0 saturated carbocycles. The van der Waals surface area contributed by atoms with Crippen molar-refractivity contribution in [2.24, 2.45) is 0 Å². The van der Waals surface area contributed by atoms with Crippen LogP contribution in [0.2, 0.25) is 0 Å². The molecule has 1 saturated heterocycles. The molecular weight excluding hydrogens is 374 g/mol. The lowest BCUT2D eigenvalue weighted by Gasteiger charge is -2.40. The first-order chi connectivity index (χ1) is 8.79. The van der Waals surface area contributed by atoms with Crippen molar-refractivity contribution in [3.05, 3.63) is 14.7 Å². The molecule has 8 heteroatoms. The van der Waals surface area contributed by atoms with Gasteiger partial charge in [0.05, 0.1) is 28.4 Å². The highest BCUT2D eigenvalue weighted by molar-refractivity contribution is 9.11. The van der Waals surface area contributed by atoms with E-state index in [0.717, 1.165) is 4.88 Å². The Bertz CT molecular complexity index is 570. The van der Waals surface area contributed by atoms with E-state index in [2.05, 4.69) is 15.9 Å². The number of sulfonamides is 1. The molecule has 0 radical (unpaired) electrons. The lowest BCUT2D eigenvalue weighted by molar-refractivity contribution is -0.00771. The third-order valence-corrected chi connectivity index (χ3v) is 7.78. The Hall–Kier alpha value is 0.340. The predicted octanol–water partition coefficient (Wildman–Crippen LogP) is 3.05. The lowest BCUT2D eigenvalue weighted by Crippen LogP contribution is -2.55. The molecule has 0 aromatic carbocycles. The first-order valence-electron chi connectivity index (χ1n) is 5.74. The van der Waals surface area contributed by atoms with Gasteiger partial charge in [-0.15, -0.1) is 22.9 Å². The first kappa shape index (κ1) is 15.7. The van der Waals surface area contributed by atoms with Crippen LogP contribution < -0.4 is 0 Å². The van der Waals surface area contributed by atoms with Crippen LogP contribution in [0.3, 0.4) is 0 Å². The fraction of sp³-hybridized carbons (Fsp3) is 0.636. The molecule has 2 heterocycles. The Labute approximate surface area is 130 Å². The van der Waals surface area contributed by atoms with E-state index in [-0.39, 0.29) is 0 Å². The quantitative estimate of drug-likeness (QED) is 0.748. The van der Waals surface area contributed by atoms with Gasteiger partial charge in [-0.2, -0.15) is 4.31 Å². The van der Waals surface area contributed by atoms with Crippen LogP contribution in [0.5, 0.6) is 0 Å². The van der Waals surface area contributed by atoms with Crippen molar-refractivity contribution in [3.8, 4) is 0 Å². The summed E-state index contributed by atoms with van der Waals surface area (Å²) in [5, 5.41) is 0. The Balaban J connectivity index is 2.43. The van der Waals surface area contributed by atoms with Crippen LogP contribution in [-0.2, 0) is 20.6 Å². The second kappa shape index (κ2) is 5.61. The molecule has 1 aliphatic heterocycles. The molecule has 1 aromatic rings. The molecule has 0 atom stereocenters. The summed E-state index contributed by atoms with van der Waals surface area (Å²) in [6.07, 6.45) is 0. The Kier molecular flexibility index (Phi) is 4.65. The van der Waals surface area contributed by atoms with E-state index in [1.165, 1.54) is 15.6 Å². The van der Waals surface area contributed by atoms with Crippen LogP contribution in [0.25, 0.3) is 0 Å². The van der Waals surface area contributed by atoms with Gasteiger partial charge in [-0.3, -0.25) is 0 Å². The SMILES string of the molecule is CC1(C)COCCN1S(=O)(=O)c1cc(CCl)sc1Br. The maximum absolute atomic E-state index is 12.8. The van der Waals surface area contributed by atoms with E-state index >= 15 is 0 Å². The molecule has 2 rings (SSSR count). The van der Waals surface area contributed by atoms with E-state index < -0.39 is 15.6 Å². The lowest BCUT2D eigenvalue weighted by atomic mass is 10.1. The third-order valence-electron chi connectivity index (χ3n) is 2.98. The van der Waals surface area contributed by atoms with E-state index in [9.17, 15) is 8.42 Å². The second-order valence-electron chi connectivity index (χ2n) is 4.93. The van der Waals surface area contributed by atoms with Crippen LogP contribution in [0.4, 0.5) is 0 Å². The number of thiophene rings is 1. The zero-order valence-electron chi connectivity index (χ0n) is 10.7. The number of hydrogen-bond donors (Lipinski definition) is 0. The summed E-state index contributed by atoms with van der Waals surface area (Å²) in [6.45, 7) is 4.93. The Morgan fingerprint density at radius 1 is 1.58 bits per heavy atom. The van der Waals surface area contributed by atoms with Crippen molar-refractivity contribution in [3.63, 3.8) is 0 Å². The number of ether oxygens (including phenoxy) is 1. The van der Waals surface area contributed by atoms with E-state index in [4.69, 9.17) is 16.3 Å². The average molecular weight is 389 g/mol. The summed E-state index contributed by atoms with van der Waals surface area (Å²) in [7, 11) is -3.53. The molecule has 4 nitrogen and oxygen atoms in total. The van der Waals surface area contributed by atoms with Crippen molar-refractivity contribution < 1.29 is 13.2 Å². The molecule has 19 heavy (non-hydrogen) atoms. The van der Waals surface area contributed by atoms with Gasteiger partial charge in [0.15, 0.2) is 0 Å². The topological polar surface area (TPSA) is 46.6 Å².